The van der Waals surface area contributed by atoms with Crippen molar-refractivity contribution < 1.29 is 9.53 Å². The highest BCUT2D eigenvalue weighted by molar-refractivity contribution is 5.94. The van der Waals surface area contributed by atoms with Crippen LogP contribution in [-0.4, -0.2) is 38.8 Å². The van der Waals surface area contributed by atoms with Crippen molar-refractivity contribution in [3.05, 3.63) is 78.5 Å². The van der Waals surface area contributed by atoms with E-state index in [9.17, 15) is 4.79 Å². The summed E-state index contributed by atoms with van der Waals surface area (Å²) in [5.74, 6) is 1.55. The second kappa shape index (κ2) is 8.52. The van der Waals surface area contributed by atoms with E-state index < -0.39 is 0 Å². The van der Waals surface area contributed by atoms with E-state index in [0.717, 1.165) is 36.8 Å². The van der Waals surface area contributed by atoms with Gasteiger partial charge < -0.3 is 9.64 Å². The lowest BCUT2D eigenvalue weighted by molar-refractivity contribution is 0.0724. The van der Waals surface area contributed by atoms with Gasteiger partial charge >= 0.3 is 0 Å². The maximum Gasteiger partial charge on any atom is 0.253 e. The average molecular weight is 410 g/mol. The molecule has 1 aliphatic heterocycles. The molecule has 0 saturated carbocycles. The largest absolute Gasteiger partial charge is 0.438 e. The number of rotatable bonds is 4. The number of ether oxygens (including phenoxy) is 1. The van der Waals surface area contributed by atoms with Gasteiger partial charge in [0.1, 0.15) is 11.4 Å². The predicted octanol–water partition coefficient (Wildman–Crippen LogP) is 5.11. The van der Waals surface area contributed by atoms with Crippen LogP contribution in [0.5, 0.6) is 11.6 Å². The lowest BCUT2D eigenvalue weighted by Crippen LogP contribution is -2.35. The quantitative estimate of drug-likeness (QED) is 0.468. The van der Waals surface area contributed by atoms with Gasteiger partial charge in [-0.2, -0.15) is 4.98 Å². The Bertz CT molecular complexity index is 1220. The van der Waals surface area contributed by atoms with Gasteiger partial charge in [0.2, 0.25) is 5.88 Å². The molecule has 6 nitrogen and oxygen atoms in total. The Morgan fingerprint density at radius 1 is 0.871 bits per heavy atom. The third kappa shape index (κ3) is 4.10. The van der Waals surface area contributed by atoms with Crippen LogP contribution in [0.1, 0.15) is 29.6 Å². The number of fused-ring (bicyclic) bond motifs is 1. The second-order valence-corrected chi connectivity index (χ2v) is 7.57. The van der Waals surface area contributed by atoms with E-state index >= 15 is 0 Å². The summed E-state index contributed by atoms with van der Waals surface area (Å²) < 4.78 is 6.18. The lowest BCUT2D eigenvalue weighted by Gasteiger charge is -2.26. The third-order valence-electron chi connectivity index (χ3n) is 5.40. The highest BCUT2D eigenvalue weighted by Crippen LogP contribution is 2.30. The SMILES string of the molecule is O=C(c1cccc(Oc2nc(-c3ccccn3)nc3ccccc23)c1)N1CCCCC1. The fraction of sp³-hybridized carbons (Fsp3) is 0.200. The lowest BCUT2D eigenvalue weighted by atomic mass is 10.1. The van der Waals surface area contributed by atoms with Crippen LogP contribution in [0, 0.1) is 0 Å². The molecule has 2 aromatic carbocycles. The molecule has 0 aliphatic carbocycles. The van der Waals surface area contributed by atoms with Gasteiger partial charge in [-0.25, -0.2) is 4.98 Å². The molecule has 0 atom stereocenters. The fourth-order valence-electron chi connectivity index (χ4n) is 3.82. The summed E-state index contributed by atoms with van der Waals surface area (Å²) in [6.07, 6.45) is 5.02. The standard InChI is InChI=1S/C25H22N4O2/c30-25(29-15-6-1-7-16-29)18-9-8-10-19(17-18)31-24-20-11-2-3-12-21(20)27-23(28-24)22-13-4-5-14-26-22/h2-5,8-14,17H,1,6-7,15-16H2. The van der Waals surface area contributed by atoms with Crippen molar-refractivity contribution in [3.8, 4) is 23.1 Å². The number of pyridine rings is 1. The van der Waals surface area contributed by atoms with Crippen molar-refractivity contribution in [2.45, 2.75) is 19.3 Å². The number of hydrogen-bond acceptors (Lipinski definition) is 5. The van der Waals surface area contributed by atoms with Crippen molar-refractivity contribution in [2.24, 2.45) is 0 Å². The Kier molecular flexibility index (Phi) is 5.27. The van der Waals surface area contributed by atoms with Crippen LogP contribution in [0.15, 0.2) is 72.9 Å². The fourth-order valence-corrected chi connectivity index (χ4v) is 3.82. The van der Waals surface area contributed by atoms with E-state index in [1.807, 2.05) is 65.6 Å². The Morgan fingerprint density at radius 2 is 1.71 bits per heavy atom. The maximum absolute atomic E-state index is 12.9. The molecular weight excluding hydrogens is 388 g/mol. The first kappa shape index (κ1) is 19.2. The van der Waals surface area contributed by atoms with E-state index in [0.29, 0.717) is 28.7 Å². The summed E-state index contributed by atoms with van der Waals surface area (Å²) in [5, 5.41) is 0.801. The molecule has 154 valence electrons. The molecule has 0 radical (unpaired) electrons. The van der Waals surface area contributed by atoms with Gasteiger partial charge in [-0.1, -0.05) is 24.3 Å². The molecule has 1 fully saturated rings. The topological polar surface area (TPSA) is 68.2 Å². The number of carbonyl (C=O) groups excluding carboxylic acids is 1. The van der Waals surface area contributed by atoms with Crippen LogP contribution in [0.3, 0.4) is 0 Å². The number of benzene rings is 2. The molecule has 1 saturated heterocycles. The minimum atomic E-state index is 0.0480. The van der Waals surface area contributed by atoms with Crippen LogP contribution >= 0.6 is 0 Å². The van der Waals surface area contributed by atoms with Gasteiger partial charge in [-0.3, -0.25) is 9.78 Å². The molecule has 4 aromatic rings. The van der Waals surface area contributed by atoms with Gasteiger partial charge in [0, 0.05) is 24.8 Å². The monoisotopic (exact) mass is 410 g/mol. The number of para-hydroxylation sites is 1. The molecular formula is C25H22N4O2. The van der Waals surface area contributed by atoms with Crippen LogP contribution in [-0.2, 0) is 0 Å². The summed E-state index contributed by atoms with van der Waals surface area (Å²) >= 11 is 0. The average Bonchev–Trinajstić information content (AvgIpc) is 2.85. The van der Waals surface area contributed by atoms with E-state index in [2.05, 4.69) is 15.0 Å². The highest BCUT2D eigenvalue weighted by atomic mass is 16.5. The molecule has 3 heterocycles. The molecule has 6 heteroatoms. The summed E-state index contributed by atoms with van der Waals surface area (Å²) in [6, 6.07) is 20.6. The summed E-state index contributed by atoms with van der Waals surface area (Å²) in [5.41, 5.74) is 2.07. The zero-order valence-electron chi connectivity index (χ0n) is 17.1. The van der Waals surface area contributed by atoms with Crippen molar-refractivity contribution in [1.29, 1.82) is 0 Å². The summed E-state index contributed by atoms with van der Waals surface area (Å²) in [4.78, 5) is 28.5. The zero-order chi connectivity index (χ0) is 21.0. The number of hydrogen-bond donors (Lipinski definition) is 0. The second-order valence-electron chi connectivity index (χ2n) is 7.57. The molecule has 31 heavy (non-hydrogen) atoms. The Morgan fingerprint density at radius 3 is 2.55 bits per heavy atom. The van der Waals surface area contributed by atoms with Crippen LogP contribution in [0.25, 0.3) is 22.4 Å². The molecule has 0 spiro atoms. The molecule has 1 aliphatic rings. The predicted molar refractivity (Wildman–Crippen MR) is 119 cm³/mol. The van der Waals surface area contributed by atoms with Crippen molar-refractivity contribution in [1.82, 2.24) is 19.9 Å². The highest BCUT2D eigenvalue weighted by Gasteiger charge is 2.19. The molecule has 0 bridgehead atoms. The van der Waals surface area contributed by atoms with Crippen molar-refractivity contribution in [3.63, 3.8) is 0 Å². The van der Waals surface area contributed by atoms with Gasteiger partial charge in [0.15, 0.2) is 5.82 Å². The number of amides is 1. The van der Waals surface area contributed by atoms with Crippen molar-refractivity contribution >= 4 is 16.8 Å². The normalized spacial score (nSPS) is 13.9. The first-order valence-corrected chi connectivity index (χ1v) is 10.5. The number of piperidine rings is 1. The Balaban J connectivity index is 1.50. The Labute approximate surface area is 180 Å². The minimum absolute atomic E-state index is 0.0480. The molecule has 5 rings (SSSR count). The van der Waals surface area contributed by atoms with E-state index in [1.54, 1.807) is 12.3 Å². The van der Waals surface area contributed by atoms with Gasteiger partial charge in [0.05, 0.1) is 10.9 Å². The summed E-state index contributed by atoms with van der Waals surface area (Å²) in [6.45, 7) is 1.63. The van der Waals surface area contributed by atoms with Gasteiger partial charge in [0.25, 0.3) is 5.91 Å². The van der Waals surface area contributed by atoms with E-state index in [4.69, 9.17) is 4.74 Å². The van der Waals surface area contributed by atoms with Gasteiger partial charge in [-0.15, -0.1) is 0 Å². The first-order chi connectivity index (χ1) is 15.3. The smallest absolute Gasteiger partial charge is 0.253 e. The molecule has 0 unspecified atom stereocenters. The van der Waals surface area contributed by atoms with Crippen LogP contribution < -0.4 is 4.74 Å². The van der Waals surface area contributed by atoms with Gasteiger partial charge in [-0.05, 0) is 61.7 Å². The Hall–Kier alpha value is -3.80. The minimum Gasteiger partial charge on any atom is -0.438 e. The molecule has 0 N–H and O–H groups in total. The first-order valence-electron chi connectivity index (χ1n) is 10.5. The number of aromatic nitrogens is 3. The number of likely N-dealkylation sites (tertiary alicyclic amines) is 1. The van der Waals surface area contributed by atoms with Crippen molar-refractivity contribution in [2.75, 3.05) is 13.1 Å². The van der Waals surface area contributed by atoms with Crippen LogP contribution in [0.2, 0.25) is 0 Å². The molecule has 2 aromatic heterocycles. The summed E-state index contributed by atoms with van der Waals surface area (Å²) in [7, 11) is 0. The number of nitrogens with zero attached hydrogens (tertiary/aromatic N) is 4. The molecule has 1 amide bonds. The maximum atomic E-state index is 12.9. The number of carbonyl (C=O) groups is 1. The zero-order valence-corrected chi connectivity index (χ0v) is 17.1. The van der Waals surface area contributed by atoms with E-state index in [1.165, 1.54) is 6.42 Å². The van der Waals surface area contributed by atoms with E-state index in [-0.39, 0.29) is 5.91 Å². The van der Waals surface area contributed by atoms with Crippen LogP contribution in [0.4, 0.5) is 0 Å². The third-order valence-corrected chi connectivity index (χ3v) is 5.40.